The maximum Gasteiger partial charge on any atom is 0.138 e. The van der Waals surface area contributed by atoms with Gasteiger partial charge in [-0.1, -0.05) is 0 Å². The first kappa shape index (κ1) is 10.5. The van der Waals surface area contributed by atoms with Crippen molar-refractivity contribution in [3.8, 4) is 0 Å². The first-order valence-electron chi connectivity index (χ1n) is 5.39. The van der Waals surface area contributed by atoms with Gasteiger partial charge in [-0.3, -0.25) is 0 Å². The lowest BCUT2D eigenvalue weighted by molar-refractivity contribution is 0.183. The third-order valence-corrected chi connectivity index (χ3v) is 2.80. The molecule has 1 atom stereocenters. The molecule has 0 aromatic carbocycles. The molecular weight excluding hydrogens is 195 g/mol. The van der Waals surface area contributed by atoms with Gasteiger partial charge < -0.3 is 5.32 Å². The van der Waals surface area contributed by atoms with Gasteiger partial charge in [-0.05, 0) is 26.8 Å². The molecule has 0 radical (unpaired) electrons. The van der Waals surface area contributed by atoms with Crippen LogP contribution < -0.4 is 5.32 Å². The number of nitrogens with one attached hydrogen (secondary N) is 1. The molecule has 84 valence electrons. The molecule has 1 aromatic rings. The number of halogens is 1. The molecule has 0 spiro atoms. The molecule has 1 unspecified atom stereocenters. The molecule has 0 amide bonds. The maximum atomic E-state index is 14.2. The van der Waals surface area contributed by atoms with Crippen LogP contribution in [0.5, 0.6) is 0 Å². The number of nitrogens with zero attached hydrogens (tertiary/aromatic N) is 3. The number of alkyl halides is 1. The number of rotatable bonds is 3. The second-order valence-corrected chi connectivity index (χ2v) is 4.47. The smallest absolute Gasteiger partial charge is 0.138 e. The number of aromatic nitrogens is 3. The van der Waals surface area contributed by atoms with Crippen LogP contribution in [0.3, 0.4) is 0 Å². The topological polar surface area (TPSA) is 42.7 Å². The second kappa shape index (κ2) is 3.89. The molecule has 4 nitrogen and oxygen atoms in total. The van der Waals surface area contributed by atoms with Crippen LogP contribution in [0.15, 0.2) is 6.33 Å². The van der Waals surface area contributed by atoms with Crippen molar-refractivity contribution in [1.29, 1.82) is 0 Å². The Morgan fingerprint density at radius 1 is 1.67 bits per heavy atom. The minimum absolute atomic E-state index is 0.237. The zero-order chi connectivity index (χ0) is 10.9. The summed E-state index contributed by atoms with van der Waals surface area (Å²) in [4.78, 5) is 4.13. The van der Waals surface area contributed by atoms with E-state index in [4.69, 9.17) is 0 Å². The number of hydrogen-bond acceptors (Lipinski definition) is 3. The highest BCUT2D eigenvalue weighted by Crippen LogP contribution is 2.24. The van der Waals surface area contributed by atoms with E-state index < -0.39 is 5.67 Å². The Kier molecular flexibility index (Phi) is 2.73. The van der Waals surface area contributed by atoms with E-state index >= 15 is 0 Å². The molecule has 1 saturated heterocycles. The maximum absolute atomic E-state index is 14.2. The summed E-state index contributed by atoms with van der Waals surface area (Å²) >= 11 is 0. The Bertz CT molecular complexity index is 328. The van der Waals surface area contributed by atoms with Crippen LogP contribution in [0.2, 0.25) is 0 Å². The molecule has 0 saturated carbocycles. The fourth-order valence-electron chi connectivity index (χ4n) is 1.98. The molecule has 0 bridgehead atoms. The van der Waals surface area contributed by atoms with E-state index in [0.717, 1.165) is 12.4 Å². The van der Waals surface area contributed by atoms with Crippen molar-refractivity contribution in [2.75, 3.05) is 13.1 Å². The van der Waals surface area contributed by atoms with E-state index in [1.807, 2.05) is 13.8 Å². The highest BCUT2D eigenvalue weighted by atomic mass is 19.1. The fourth-order valence-corrected chi connectivity index (χ4v) is 1.98. The molecule has 1 N–H and O–H groups in total. The van der Waals surface area contributed by atoms with Gasteiger partial charge in [-0.2, -0.15) is 5.10 Å². The molecule has 1 fully saturated rings. The first-order chi connectivity index (χ1) is 7.11. The van der Waals surface area contributed by atoms with Crippen LogP contribution in [0.25, 0.3) is 0 Å². The largest absolute Gasteiger partial charge is 0.313 e. The van der Waals surface area contributed by atoms with Gasteiger partial charge in [0.05, 0.1) is 0 Å². The van der Waals surface area contributed by atoms with Crippen molar-refractivity contribution >= 4 is 0 Å². The lowest BCUT2D eigenvalue weighted by Gasteiger charge is -2.18. The van der Waals surface area contributed by atoms with E-state index in [1.54, 1.807) is 4.68 Å². The summed E-state index contributed by atoms with van der Waals surface area (Å²) in [6, 6.07) is 0.237. The SMILES string of the molecule is CC(C)n1ncnc1CC1(F)CCNC1. The van der Waals surface area contributed by atoms with Crippen LogP contribution in [0, 0.1) is 0 Å². The zero-order valence-corrected chi connectivity index (χ0v) is 9.20. The average molecular weight is 212 g/mol. The predicted octanol–water partition coefficient (Wildman–Crippen LogP) is 1.10. The van der Waals surface area contributed by atoms with Crippen LogP contribution in [-0.4, -0.2) is 33.5 Å². The Morgan fingerprint density at radius 2 is 2.47 bits per heavy atom. The Labute approximate surface area is 88.9 Å². The van der Waals surface area contributed by atoms with Gasteiger partial charge in [0.2, 0.25) is 0 Å². The van der Waals surface area contributed by atoms with E-state index in [2.05, 4.69) is 15.4 Å². The first-order valence-corrected chi connectivity index (χ1v) is 5.39. The van der Waals surface area contributed by atoms with Crippen molar-refractivity contribution in [3.05, 3.63) is 12.2 Å². The van der Waals surface area contributed by atoms with Crippen LogP contribution in [-0.2, 0) is 6.42 Å². The summed E-state index contributed by atoms with van der Waals surface area (Å²) in [5.74, 6) is 0.746. The zero-order valence-electron chi connectivity index (χ0n) is 9.20. The summed E-state index contributed by atoms with van der Waals surface area (Å²) in [5, 5.41) is 7.15. The third kappa shape index (κ3) is 2.17. The summed E-state index contributed by atoms with van der Waals surface area (Å²) < 4.78 is 16.0. The van der Waals surface area contributed by atoms with Crippen molar-refractivity contribution in [2.24, 2.45) is 0 Å². The molecule has 1 aromatic heterocycles. The van der Waals surface area contributed by atoms with Crippen molar-refractivity contribution < 1.29 is 4.39 Å². The summed E-state index contributed by atoms with van der Waals surface area (Å²) in [6.07, 6.45) is 2.43. The molecule has 1 aliphatic heterocycles. The Morgan fingerprint density at radius 3 is 3.07 bits per heavy atom. The monoisotopic (exact) mass is 212 g/mol. The Hall–Kier alpha value is -0.970. The molecular formula is C10H17FN4. The standard InChI is InChI=1S/C10H17FN4/c1-8(2)15-9(13-7-14-15)5-10(11)3-4-12-6-10/h7-8,12H,3-6H2,1-2H3. The lowest BCUT2D eigenvalue weighted by Crippen LogP contribution is -2.30. The van der Waals surface area contributed by atoms with Gasteiger partial charge >= 0.3 is 0 Å². The highest BCUT2D eigenvalue weighted by Gasteiger charge is 2.35. The molecule has 0 aliphatic carbocycles. The minimum atomic E-state index is -1.14. The van der Waals surface area contributed by atoms with Gasteiger partial charge in [0.25, 0.3) is 0 Å². The predicted molar refractivity (Wildman–Crippen MR) is 55.4 cm³/mol. The molecule has 5 heteroatoms. The number of hydrogen-bond donors (Lipinski definition) is 1. The fraction of sp³-hybridized carbons (Fsp3) is 0.800. The van der Waals surface area contributed by atoms with Crippen molar-refractivity contribution in [1.82, 2.24) is 20.1 Å². The summed E-state index contributed by atoms with van der Waals surface area (Å²) in [6.45, 7) is 5.23. The van der Waals surface area contributed by atoms with Crippen molar-refractivity contribution in [3.63, 3.8) is 0 Å². The van der Waals surface area contributed by atoms with Gasteiger partial charge in [-0.25, -0.2) is 14.1 Å². The van der Waals surface area contributed by atoms with Gasteiger partial charge in [0, 0.05) is 19.0 Å². The van der Waals surface area contributed by atoms with E-state index in [0.29, 0.717) is 19.4 Å². The van der Waals surface area contributed by atoms with Crippen LogP contribution in [0.1, 0.15) is 32.1 Å². The third-order valence-electron chi connectivity index (χ3n) is 2.80. The molecule has 2 heterocycles. The molecule has 2 rings (SSSR count). The van der Waals surface area contributed by atoms with Gasteiger partial charge in [0.1, 0.15) is 17.8 Å². The second-order valence-electron chi connectivity index (χ2n) is 4.47. The Balaban J connectivity index is 2.13. The van der Waals surface area contributed by atoms with Crippen LogP contribution >= 0.6 is 0 Å². The summed E-state index contributed by atoms with van der Waals surface area (Å²) in [7, 11) is 0. The average Bonchev–Trinajstić information content (AvgIpc) is 2.75. The summed E-state index contributed by atoms with van der Waals surface area (Å²) in [5.41, 5.74) is -1.14. The molecule has 1 aliphatic rings. The van der Waals surface area contributed by atoms with Crippen molar-refractivity contribution in [2.45, 2.75) is 38.4 Å². The van der Waals surface area contributed by atoms with Gasteiger partial charge in [-0.15, -0.1) is 0 Å². The minimum Gasteiger partial charge on any atom is -0.313 e. The van der Waals surface area contributed by atoms with E-state index in [9.17, 15) is 4.39 Å². The van der Waals surface area contributed by atoms with Crippen LogP contribution in [0.4, 0.5) is 4.39 Å². The van der Waals surface area contributed by atoms with Gasteiger partial charge in [0.15, 0.2) is 0 Å². The molecule has 15 heavy (non-hydrogen) atoms. The normalized spacial score (nSPS) is 26.4. The quantitative estimate of drug-likeness (QED) is 0.816. The lowest BCUT2D eigenvalue weighted by atomic mass is 10.0. The van der Waals surface area contributed by atoms with E-state index in [1.165, 1.54) is 6.33 Å². The highest BCUT2D eigenvalue weighted by molar-refractivity contribution is 4.99. The van der Waals surface area contributed by atoms with E-state index in [-0.39, 0.29) is 6.04 Å².